The number of carbonyl (C=O) groups excluding carboxylic acids is 7. The molecule has 3 aliphatic rings. The average molecular weight is 1070 g/mol. The van der Waals surface area contributed by atoms with Crippen LogP contribution in [0.1, 0.15) is 132 Å². The Kier molecular flexibility index (Phi) is 13.1. The van der Waals surface area contributed by atoms with Crippen LogP contribution >= 0.6 is 0 Å². The number of anilines is 2. The van der Waals surface area contributed by atoms with E-state index in [1.165, 1.54) is 41.3 Å². The number of benzene rings is 9. The van der Waals surface area contributed by atoms with Gasteiger partial charge in [0.25, 0.3) is 35.4 Å². The second-order valence-electron chi connectivity index (χ2n) is 20.2. The monoisotopic (exact) mass is 1070 g/mol. The molecule has 12 heteroatoms. The summed E-state index contributed by atoms with van der Waals surface area (Å²) >= 11 is 0. The number of amides is 6. The zero-order valence-corrected chi connectivity index (χ0v) is 44.4. The lowest BCUT2D eigenvalue weighted by Gasteiger charge is -2.26. The fraction of sp³-hybridized carbons (Fsp3) is 0.0714. The van der Waals surface area contributed by atoms with Crippen LogP contribution in [0.25, 0.3) is 0 Å². The lowest BCUT2D eigenvalue weighted by Crippen LogP contribution is -2.32. The Labute approximate surface area is 471 Å². The van der Waals surface area contributed by atoms with Crippen LogP contribution in [0.4, 0.5) is 11.4 Å². The summed E-state index contributed by atoms with van der Waals surface area (Å²) in [7, 11) is 0. The van der Waals surface area contributed by atoms with Crippen molar-refractivity contribution in [3.8, 4) is 46.7 Å². The highest BCUT2D eigenvalue weighted by Gasteiger charge is 2.41. The number of hydrogen-bond acceptors (Lipinski definition) is 9. The first-order chi connectivity index (χ1) is 39.7. The van der Waals surface area contributed by atoms with Gasteiger partial charge in [0, 0.05) is 45.3 Å². The molecule has 0 saturated heterocycles. The van der Waals surface area contributed by atoms with Crippen LogP contribution in [0.15, 0.2) is 206 Å². The van der Waals surface area contributed by atoms with Gasteiger partial charge in [-0.1, -0.05) is 98.2 Å². The van der Waals surface area contributed by atoms with Crippen molar-refractivity contribution in [1.29, 1.82) is 0 Å². The van der Waals surface area contributed by atoms with Gasteiger partial charge in [0.1, 0.15) is 23.0 Å². The standard InChI is InChI=1S/C70H45N3O9/c1-4-71-64(75)57-35-32-55(41-61(57)65(71)76)81-53-28-24-49(25-29-53)70(2,3)50-26-30-54(31-27-50)82-56-33-36-59-62(42-56)69(80)73(67(59)78)52-39-48(63(74)47-22-19-45(20-23-47)16-15-43-11-7-5-8-12-43)38-51(40-52)72-66(77)58-34-21-46(37-60(58)68(72)79)18-17-44-13-9-6-10-14-44/h5-14,19-42H,4H2,1-3H3. The fourth-order valence-electron chi connectivity index (χ4n) is 10.2. The average Bonchev–Trinajstić information content (AvgIpc) is 4.16. The molecule has 3 aliphatic heterocycles. The Morgan fingerprint density at radius 3 is 1.24 bits per heavy atom. The maximum atomic E-state index is 14.6. The van der Waals surface area contributed by atoms with Crippen molar-refractivity contribution in [3.63, 3.8) is 0 Å². The molecule has 6 amide bonds. The summed E-state index contributed by atoms with van der Waals surface area (Å²) in [4.78, 5) is 100. The fourth-order valence-corrected chi connectivity index (χ4v) is 10.2. The van der Waals surface area contributed by atoms with E-state index >= 15 is 0 Å². The van der Waals surface area contributed by atoms with E-state index in [1.807, 2.05) is 109 Å². The van der Waals surface area contributed by atoms with E-state index in [-0.39, 0.29) is 68.9 Å². The van der Waals surface area contributed by atoms with Crippen LogP contribution in [0.2, 0.25) is 0 Å². The third-order valence-electron chi connectivity index (χ3n) is 14.7. The van der Waals surface area contributed by atoms with Crippen LogP contribution in [-0.4, -0.2) is 52.7 Å². The molecular weight excluding hydrogens is 1030 g/mol. The third kappa shape index (κ3) is 9.57. The third-order valence-corrected chi connectivity index (χ3v) is 14.7. The molecule has 3 heterocycles. The van der Waals surface area contributed by atoms with Gasteiger partial charge >= 0.3 is 0 Å². The maximum absolute atomic E-state index is 14.6. The SMILES string of the molecule is CCN1C(=O)c2ccc(Oc3ccc(C(C)(C)c4ccc(Oc5ccc6c(c5)C(=O)N(c5cc(C(=O)c7ccc(C#Cc8ccccc8)cc7)cc(N7C(=O)c8ccc(C#Cc9ccccc9)cc8C7=O)c5)C6=O)cc4)cc3)cc2C1=O. The molecule has 0 saturated carbocycles. The first-order valence-corrected chi connectivity index (χ1v) is 26.3. The molecule has 9 aromatic carbocycles. The van der Waals surface area contributed by atoms with Crippen molar-refractivity contribution in [2.45, 2.75) is 26.2 Å². The van der Waals surface area contributed by atoms with Gasteiger partial charge in [-0.3, -0.25) is 38.5 Å². The molecular formula is C70H45N3O9. The van der Waals surface area contributed by atoms with Crippen LogP contribution < -0.4 is 19.3 Å². The summed E-state index contributed by atoms with van der Waals surface area (Å²) in [6.07, 6.45) is 0. The van der Waals surface area contributed by atoms with Crippen molar-refractivity contribution in [3.05, 3.63) is 284 Å². The smallest absolute Gasteiger partial charge is 0.266 e. The molecule has 0 N–H and O–H groups in total. The van der Waals surface area contributed by atoms with Gasteiger partial charge in [0.15, 0.2) is 5.78 Å². The van der Waals surface area contributed by atoms with Crippen LogP contribution in [0, 0.1) is 23.7 Å². The Balaban J connectivity index is 0.790. The van der Waals surface area contributed by atoms with Gasteiger partial charge < -0.3 is 9.47 Å². The number of nitrogens with zero attached hydrogens (tertiary/aromatic N) is 3. The van der Waals surface area contributed by atoms with Gasteiger partial charge in [-0.15, -0.1) is 0 Å². The lowest BCUT2D eigenvalue weighted by molar-refractivity contribution is 0.0660. The van der Waals surface area contributed by atoms with Gasteiger partial charge in [-0.2, -0.15) is 0 Å². The molecule has 0 atom stereocenters. The van der Waals surface area contributed by atoms with Gasteiger partial charge in [0.2, 0.25) is 0 Å². The second-order valence-corrected chi connectivity index (χ2v) is 20.2. The summed E-state index contributed by atoms with van der Waals surface area (Å²) in [6.45, 7) is 6.22. The quantitative estimate of drug-likeness (QED) is 0.0701. The Morgan fingerprint density at radius 1 is 0.378 bits per heavy atom. The summed E-state index contributed by atoms with van der Waals surface area (Å²) in [5, 5.41) is 0. The molecule has 82 heavy (non-hydrogen) atoms. The van der Waals surface area contributed by atoms with Gasteiger partial charge in [0.05, 0.1) is 44.8 Å². The predicted octanol–water partition coefficient (Wildman–Crippen LogP) is 12.8. The zero-order valence-electron chi connectivity index (χ0n) is 44.4. The van der Waals surface area contributed by atoms with Crippen LogP contribution in [0.3, 0.4) is 0 Å². The Hall–Kier alpha value is -11.2. The first kappa shape index (κ1) is 51.5. The number of ether oxygens (including phenoxy) is 2. The number of fused-ring (bicyclic) bond motifs is 3. The molecule has 0 bridgehead atoms. The number of ketones is 1. The minimum Gasteiger partial charge on any atom is -0.457 e. The summed E-state index contributed by atoms with van der Waals surface area (Å²) in [5.74, 6) is 10.2. The number of hydrogen-bond donors (Lipinski definition) is 0. The molecule has 0 fully saturated rings. The van der Waals surface area contributed by atoms with E-state index in [2.05, 4.69) is 37.5 Å². The summed E-state index contributed by atoms with van der Waals surface area (Å²) < 4.78 is 12.4. The molecule has 394 valence electrons. The topological polar surface area (TPSA) is 148 Å². The lowest BCUT2D eigenvalue weighted by atomic mass is 9.78. The van der Waals surface area contributed by atoms with E-state index in [0.717, 1.165) is 32.1 Å². The molecule has 0 unspecified atom stereocenters. The number of carbonyl (C=O) groups is 7. The van der Waals surface area contributed by atoms with Crippen LogP contribution in [0.5, 0.6) is 23.0 Å². The first-order valence-electron chi connectivity index (χ1n) is 26.3. The van der Waals surface area contributed by atoms with E-state index in [4.69, 9.17) is 9.47 Å². The minimum absolute atomic E-state index is 0.00854. The van der Waals surface area contributed by atoms with Crippen LogP contribution in [-0.2, 0) is 5.41 Å². The van der Waals surface area contributed by atoms with Crippen molar-refractivity contribution in [1.82, 2.24) is 4.90 Å². The van der Waals surface area contributed by atoms with Crippen molar-refractivity contribution >= 4 is 52.6 Å². The summed E-state index contributed by atoms with van der Waals surface area (Å²) in [5.41, 5.74) is 5.53. The molecule has 0 aliphatic carbocycles. The van der Waals surface area contributed by atoms with Crippen molar-refractivity contribution in [2.75, 3.05) is 16.3 Å². The van der Waals surface area contributed by atoms with E-state index in [1.54, 1.807) is 67.6 Å². The number of rotatable bonds is 11. The minimum atomic E-state index is -0.706. The molecule has 0 radical (unpaired) electrons. The largest absolute Gasteiger partial charge is 0.457 e. The molecule has 0 aromatic heterocycles. The molecule has 12 rings (SSSR count). The molecule has 12 nitrogen and oxygen atoms in total. The number of imide groups is 3. The van der Waals surface area contributed by atoms with E-state index in [9.17, 15) is 33.6 Å². The Bertz CT molecular complexity index is 4320. The Morgan fingerprint density at radius 2 is 0.756 bits per heavy atom. The van der Waals surface area contributed by atoms with Crippen molar-refractivity contribution < 1.29 is 43.0 Å². The molecule has 0 spiro atoms. The van der Waals surface area contributed by atoms with E-state index < -0.39 is 34.8 Å². The van der Waals surface area contributed by atoms with E-state index in [0.29, 0.717) is 39.5 Å². The highest BCUT2D eigenvalue weighted by molar-refractivity contribution is 6.37. The normalized spacial score (nSPS) is 13.3. The summed E-state index contributed by atoms with van der Waals surface area (Å²) in [6, 6.07) is 59.0. The van der Waals surface area contributed by atoms with Gasteiger partial charge in [-0.25, -0.2) is 9.80 Å². The highest BCUT2D eigenvalue weighted by atomic mass is 16.5. The molecule has 9 aromatic rings. The van der Waals surface area contributed by atoms with Gasteiger partial charge in [-0.05, 0) is 164 Å². The predicted molar refractivity (Wildman–Crippen MR) is 309 cm³/mol. The zero-order chi connectivity index (χ0) is 56.8. The maximum Gasteiger partial charge on any atom is 0.266 e. The second kappa shape index (κ2) is 20.9. The van der Waals surface area contributed by atoms with Crippen molar-refractivity contribution in [2.24, 2.45) is 0 Å². The highest BCUT2D eigenvalue weighted by Crippen LogP contribution is 2.39.